The van der Waals surface area contributed by atoms with Gasteiger partial charge in [-0.15, -0.1) is 11.8 Å². The molecule has 0 saturated heterocycles. The molecule has 23 heavy (non-hydrogen) atoms. The molecule has 1 aromatic carbocycles. The topological polar surface area (TPSA) is 100 Å². The summed E-state index contributed by atoms with van der Waals surface area (Å²) in [6, 6.07) is 12.1. The van der Waals surface area contributed by atoms with E-state index in [0.29, 0.717) is 0 Å². The van der Waals surface area contributed by atoms with E-state index < -0.39 is 11.9 Å². The Bertz CT molecular complexity index is 770. The maximum Gasteiger partial charge on any atom is 0.313 e. The lowest BCUT2D eigenvalue weighted by molar-refractivity contribution is -0.134. The Kier molecular flexibility index (Phi) is 5.87. The Morgan fingerprint density at radius 2 is 1.57 bits per heavy atom. The number of benzene rings is 1. The van der Waals surface area contributed by atoms with E-state index in [4.69, 9.17) is 10.2 Å². The van der Waals surface area contributed by atoms with Gasteiger partial charge in [0, 0.05) is 23.2 Å². The van der Waals surface area contributed by atoms with Gasteiger partial charge in [-0.25, -0.2) is 0 Å². The van der Waals surface area contributed by atoms with E-state index in [2.05, 4.69) is 28.2 Å². The summed E-state index contributed by atoms with van der Waals surface area (Å²) in [4.78, 5) is 28.2. The third-order valence-electron chi connectivity index (χ3n) is 2.80. The van der Waals surface area contributed by atoms with Crippen LogP contribution in [0.1, 0.15) is 0 Å². The highest BCUT2D eigenvalue weighted by molar-refractivity contribution is 8.00. The second kappa shape index (κ2) is 8.09. The number of pyridine rings is 2. The Labute approximate surface area is 136 Å². The summed E-state index contributed by atoms with van der Waals surface area (Å²) in [5.41, 5.74) is 2.02. The zero-order valence-electron chi connectivity index (χ0n) is 12.0. The molecule has 0 saturated carbocycles. The third kappa shape index (κ3) is 4.93. The van der Waals surface area contributed by atoms with Gasteiger partial charge >= 0.3 is 11.9 Å². The Balaban J connectivity index is 0.000000188. The smallest absolute Gasteiger partial charge is 0.313 e. The van der Waals surface area contributed by atoms with Crippen molar-refractivity contribution >= 4 is 45.5 Å². The number of carbonyl (C=O) groups is 2. The minimum atomic E-state index is -0.985. The lowest BCUT2D eigenvalue weighted by atomic mass is 10.1. The van der Waals surface area contributed by atoms with Crippen molar-refractivity contribution < 1.29 is 19.8 Å². The van der Waals surface area contributed by atoms with Gasteiger partial charge in [-0.3, -0.25) is 19.6 Å². The van der Waals surface area contributed by atoms with Gasteiger partial charge in [-0.05, 0) is 24.3 Å². The second-order valence-corrected chi connectivity index (χ2v) is 5.48. The summed E-state index contributed by atoms with van der Waals surface area (Å²) in [5, 5.41) is 18.3. The maximum atomic E-state index is 9.77. The summed E-state index contributed by atoms with van der Waals surface area (Å²) in [7, 11) is 0. The first-order valence-electron chi connectivity index (χ1n) is 6.67. The molecular formula is C16H14N2O4S. The van der Waals surface area contributed by atoms with Gasteiger partial charge < -0.3 is 10.2 Å². The van der Waals surface area contributed by atoms with Crippen LogP contribution >= 0.6 is 11.8 Å². The number of hydrogen-bond acceptors (Lipinski definition) is 5. The van der Waals surface area contributed by atoms with E-state index in [1.54, 1.807) is 6.20 Å². The average Bonchev–Trinajstić information content (AvgIpc) is 2.55. The minimum absolute atomic E-state index is 0.147. The largest absolute Gasteiger partial charge is 0.481 e. The zero-order valence-corrected chi connectivity index (χ0v) is 12.9. The van der Waals surface area contributed by atoms with Gasteiger partial charge in [-0.2, -0.15) is 0 Å². The van der Waals surface area contributed by atoms with Crippen LogP contribution in [-0.2, 0) is 9.59 Å². The number of aliphatic carboxylic acids is 2. The summed E-state index contributed by atoms with van der Waals surface area (Å²) >= 11 is 0.870. The molecule has 2 aromatic heterocycles. The first-order chi connectivity index (χ1) is 11.1. The zero-order chi connectivity index (χ0) is 16.7. The van der Waals surface area contributed by atoms with Crippen LogP contribution in [0.25, 0.3) is 21.8 Å². The van der Waals surface area contributed by atoms with Crippen LogP contribution < -0.4 is 0 Å². The molecule has 0 atom stereocenters. The van der Waals surface area contributed by atoms with Gasteiger partial charge in [0.2, 0.25) is 0 Å². The number of nitrogens with zero attached hydrogens (tertiary/aromatic N) is 2. The van der Waals surface area contributed by atoms with Crippen molar-refractivity contribution in [3.63, 3.8) is 0 Å². The molecule has 0 fully saturated rings. The molecule has 118 valence electrons. The van der Waals surface area contributed by atoms with Crippen molar-refractivity contribution in [3.05, 3.63) is 48.8 Å². The molecule has 0 unspecified atom stereocenters. The number of carboxylic acids is 2. The predicted octanol–water partition coefficient (Wildman–Crippen LogP) is 2.67. The number of hydrogen-bond donors (Lipinski definition) is 2. The molecule has 0 aliphatic heterocycles. The molecule has 0 amide bonds. The van der Waals surface area contributed by atoms with E-state index >= 15 is 0 Å². The van der Waals surface area contributed by atoms with E-state index in [-0.39, 0.29) is 11.5 Å². The highest BCUT2D eigenvalue weighted by Crippen LogP contribution is 2.20. The number of carboxylic acid groups (broad SMARTS) is 2. The molecule has 3 aromatic rings. The fourth-order valence-electron chi connectivity index (χ4n) is 1.92. The quantitative estimate of drug-likeness (QED) is 0.709. The van der Waals surface area contributed by atoms with Crippen molar-refractivity contribution in [3.8, 4) is 0 Å². The lowest BCUT2D eigenvalue weighted by Crippen LogP contribution is -2.03. The molecular weight excluding hydrogens is 316 g/mol. The number of rotatable bonds is 4. The standard InChI is InChI=1S/C12H8N2.C4H6O4S/c1-3-9-5-6-11-10(4-2-7-13-11)12(9)14-8-1;5-3(6)1-9-2-4(7)8/h1-8H;1-2H2,(H,5,6)(H,7,8). The summed E-state index contributed by atoms with van der Waals surface area (Å²) in [6.07, 6.45) is 3.62. The number of thioether (sulfide) groups is 1. The van der Waals surface area contributed by atoms with Gasteiger partial charge in [0.1, 0.15) is 0 Å². The molecule has 2 N–H and O–H groups in total. The first-order valence-corrected chi connectivity index (χ1v) is 7.83. The number of fused-ring (bicyclic) bond motifs is 3. The predicted molar refractivity (Wildman–Crippen MR) is 89.6 cm³/mol. The fourth-order valence-corrected chi connectivity index (χ4v) is 2.37. The van der Waals surface area contributed by atoms with Crippen molar-refractivity contribution in [1.29, 1.82) is 0 Å². The summed E-state index contributed by atoms with van der Waals surface area (Å²) in [5.74, 6) is -2.26. The van der Waals surface area contributed by atoms with Gasteiger partial charge in [-0.1, -0.05) is 12.1 Å². The summed E-state index contributed by atoms with van der Waals surface area (Å²) in [6.45, 7) is 0. The van der Waals surface area contributed by atoms with Crippen molar-refractivity contribution in [1.82, 2.24) is 9.97 Å². The lowest BCUT2D eigenvalue weighted by Gasteiger charge is -2.00. The summed E-state index contributed by atoms with van der Waals surface area (Å²) < 4.78 is 0. The monoisotopic (exact) mass is 330 g/mol. The maximum absolute atomic E-state index is 9.77. The van der Waals surface area contributed by atoms with Crippen molar-refractivity contribution in [2.45, 2.75) is 0 Å². The van der Waals surface area contributed by atoms with Crippen molar-refractivity contribution in [2.24, 2.45) is 0 Å². The first kappa shape index (κ1) is 16.7. The average molecular weight is 330 g/mol. The van der Waals surface area contributed by atoms with Gasteiger partial charge in [0.05, 0.1) is 22.5 Å². The Morgan fingerprint density at radius 1 is 0.913 bits per heavy atom. The molecule has 0 spiro atoms. The fraction of sp³-hybridized carbons (Fsp3) is 0.125. The molecule has 6 nitrogen and oxygen atoms in total. The van der Waals surface area contributed by atoms with Crippen LogP contribution in [0.2, 0.25) is 0 Å². The van der Waals surface area contributed by atoms with Crippen LogP contribution in [0.3, 0.4) is 0 Å². The molecule has 0 aliphatic carbocycles. The highest BCUT2D eigenvalue weighted by Gasteiger charge is 2.00. The van der Waals surface area contributed by atoms with Crippen LogP contribution in [0.5, 0.6) is 0 Å². The SMILES string of the molecule is O=C(O)CSCC(=O)O.c1cnc2c(c1)ccc1ncccc12. The Morgan fingerprint density at radius 3 is 2.26 bits per heavy atom. The number of aromatic nitrogens is 2. The molecule has 3 rings (SSSR count). The molecule has 0 bridgehead atoms. The van der Waals surface area contributed by atoms with Gasteiger partial charge in [0.25, 0.3) is 0 Å². The normalized spacial score (nSPS) is 10.1. The van der Waals surface area contributed by atoms with Crippen LogP contribution in [0.4, 0.5) is 0 Å². The Hall–Kier alpha value is -2.67. The van der Waals surface area contributed by atoms with Crippen LogP contribution in [0, 0.1) is 0 Å². The van der Waals surface area contributed by atoms with Crippen LogP contribution in [0.15, 0.2) is 48.8 Å². The van der Waals surface area contributed by atoms with Gasteiger partial charge in [0.15, 0.2) is 0 Å². The van der Waals surface area contributed by atoms with E-state index in [9.17, 15) is 9.59 Å². The molecule has 7 heteroatoms. The van der Waals surface area contributed by atoms with Crippen molar-refractivity contribution in [2.75, 3.05) is 11.5 Å². The highest BCUT2D eigenvalue weighted by atomic mass is 32.2. The van der Waals surface area contributed by atoms with E-state index in [1.165, 1.54) is 0 Å². The van der Waals surface area contributed by atoms with E-state index in [0.717, 1.165) is 33.6 Å². The van der Waals surface area contributed by atoms with Crippen LogP contribution in [-0.4, -0.2) is 43.6 Å². The second-order valence-electron chi connectivity index (χ2n) is 4.49. The third-order valence-corrected chi connectivity index (χ3v) is 3.71. The molecule has 0 radical (unpaired) electrons. The molecule has 0 aliphatic rings. The minimum Gasteiger partial charge on any atom is -0.481 e. The molecule has 2 heterocycles. The van der Waals surface area contributed by atoms with E-state index in [1.807, 2.05) is 24.4 Å².